The second-order valence-corrected chi connectivity index (χ2v) is 7.81. The number of aryl methyl sites for hydroxylation is 1. The molecule has 0 bridgehead atoms. The molecule has 0 unspecified atom stereocenters. The van der Waals surface area contributed by atoms with Crippen LogP contribution in [-0.2, 0) is 6.42 Å². The smallest absolute Gasteiger partial charge is 0.0671 e. The van der Waals surface area contributed by atoms with Gasteiger partial charge in [-0.1, -0.05) is 35.5 Å². The van der Waals surface area contributed by atoms with Crippen molar-refractivity contribution in [2.45, 2.75) is 47.2 Å². The third kappa shape index (κ3) is 1.58. The van der Waals surface area contributed by atoms with Crippen molar-refractivity contribution in [3.63, 3.8) is 0 Å². The van der Waals surface area contributed by atoms with Gasteiger partial charge in [-0.05, 0) is 56.4 Å². The lowest BCUT2D eigenvalue weighted by atomic mass is 9.98. The summed E-state index contributed by atoms with van der Waals surface area (Å²) in [6.07, 6.45) is 1.17. The Morgan fingerprint density at radius 1 is 1.06 bits per heavy atom. The van der Waals surface area contributed by atoms with Crippen molar-refractivity contribution in [3.05, 3.63) is 33.9 Å². The molecule has 0 fully saturated rings. The summed E-state index contributed by atoms with van der Waals surface area (Å²) in [6, 6.07) is 2.43. The lowest BCUT2D eigenvalue weighted by Crippen LogP contribution is -2.29. The Hall–Kier alpha value is -0.823. The van der Waals surface area contributed by atoms with Gasteiger partial charge in [0.1, 0.15) is 0 Å². The highest BCUT2D eigenvalue weighted by Gasteiger charge is 2.21. The van der Waals surface area contributed by atoms with Crippen molar-refractivity contribution in [2.24, 2.45) is 0 Å². The van der Waals surface area contributed by atoms with E-state index in [2.05, 4.69) is 46.9 Å². The van der Waals surface area contributed by atoms with E-state index < -0.39 is 0 Å². The summed E-state index contributed by atoms with van der Waals surface area (Å²) < 4.78 is 0. The Kier molecular flexibility index (Phi) is 2.83. The van der Waals surface area contributed by atoms with Crippen molar-refractivity contribution in [1.29, 1.82) is 0 Å². The highest BCUT2D eigenvalue weighted by Crippen LogP contribution is 2.34. The Labute approximate surface area is 101 Å². The summed E-state index contributed by atoms with van der Waals surface area (Å²) in [7, 11) is -0.356. The molecule has 0 N–H and O–H groups in total. The fourth-order valence-corrected chi connectivity index (χ4v) is 4.87. The summed E-state index contributed by atoms with van der Waals surface area (Å²) in [5, 5.41) is 1.65. The number of fused-ring (bicyclic) bond motifs is 1. The van der Waals surface area contributed by atoms with Gasteiger partial charge in [0.15, 0.2) is 0 Å². The first-order chi connectivity index (χ1) is 7.43. The maximum atomic E-state index is 2.43. The van der Waals surface area contributed by atoms with Crippen LogP contribution in [0.1, 0.15) is 36.1 Å². The van der Waals surface area contributed by atoms with Gasteiger partial charge in [-0.15, -0.1) is 0 Å². The molecule has 0 saturated heterocycles. The van der Waals surface area contributed by atoms with Gasteiger partial charge in [-0.2, -0.15) is 0 Å². The lowest BCUT2D eigenvalue weighted by molar-refractivity contribution is 1.18. The molecular formula is C15H21Si. The standard InChI is InChI=1S/C15H21Si/c1-9-7-13-8-10(2)15(16(5)6)12(4)14(13)11(9)3/h8H,7H2,1-6H3. The topological polar surface area (TPSA) is 0 Å². The Morgan fingerprint density at radius 3 is 2.25 bits per heavy atom. The van der Waals surface area contributed by atoms with Crippen LogP contribution in [0.4, 0.5) is 0 Å². The van der Waals surface area contributed by atoms with Crippen LogP contribution in [0.3, 0.4) is 0 Å². The molecule has 0 aliphatic heterocycles. The van der Waals surface area contributed by atoms with Crippen LogP contribution in [0.25, 0.3) is 5.57 Å². The van der Waals surface area contributed by atoms with Crippen LogP contribution in [0, 0.1) is 13.8 Å². The fraction of sp³-hybridized carbons (Fsp3) is 0.467. The van der Waals surface area contributed by atoms with E-state index in [-0.39, 0.29) is 8.80 Å². The SMILES string of the molecule is CC1=C(C)c2c(cc(C)c([Si](C)C)c2C)C1. The molecule has 1 aromatic carbocycles. The predicted octanol–water partition coefficient (Wildman–Crippen LogP) is 3.61. The number of hydrogen-bond donors (Lipinski definition) is 0. The third-order valence-electron chi connectivity index (χ3n) is 3.83. The molecule has 0 saturated carbocycles. The molecule has 0 aromatic heterocycles. The second-order valence-electron chi connectivity index (χ2n) is 5.31. The molecule has 1 heteroatoms. The first-order valence-electron chi connectivity index (χ1n) is 6.03. The molecule has 0 heterocycles. The van der Waals surface area contributed by atoms with Crippen LogP contribution < -0.4 is 5.19 Å². The van der Waals surface area contributed by atoms with Gasteiger partial charge < -0.3 is 0 Å². The summed E-state index contributed by atoms with van der Waals surface area (Å²) >= 11 is 0. The van der Waals surface area contributed by atoms with Gasteiger partial charge in [0.25, 0.3) is 0 Å². The van der Waals surface area contributed by atoms with Gasteiger partial charge in [-0.3, -0.25) is 0 Å². The van der Waals surface area contributed by atoms with Crippen LogP contribution >= 0.6 is 0 Å². The Morgan fingerprint density at radius 2 is 1.69 bits per heavy atom. The van der Waals surface area contributed by atoms with Crippen LogP contribution in [0.2, 0.25) is 13.1 Å². The van der Waals surface area contributed by atoms with Crippen molar-refractivity contribution >= 4 is 19.6 Å². The maximum absolute atomic E-state index is 2.43. The first kappa shape index (κ1) is 11.7. The van der Waals surface area contributed by atoms with E-state index in [4.69, 9.17) is 0 Å². The summed E-state index contributed by atoms with van der Waals surface area (Å²) in [5.41, 5.74) is 9.26. The van der Waals surface area contributed by atoms with E-state index in [0.29, 0.717) is 0 Å². The normalized spacial score (nSPS) is 14.9. The average Bonchev–Trinajstić information content (AvgIpc) is 2.41. The van der Waals surface area contributed by atoms with E-state index in [1.54, 1.807) is 27.5 Å². The van der Waals surface area contributed by atoms with E-state index >= 15 is 0 Å². The third-order valence-corrected chi connectivity index (χ3v) is 5.60. The number of hydrogen-bond acceptors (Lipinski definition) is 0. The predicted molar refractivity (Wildman–Crippen MR) is 75.0 cm³/mol. The van der Waals surface area contributed by atoms with Crippen LogP contribution in [0.15, 0.2) is 11.6 Å². The van der Waals surface area contributed by atoms with Crippen molar-refractivity contribution in [3.8, 4) is 0 Å². The van der Waals surface area contributed by atoms with E-state index in [1.807, 2.05) is 0 Å². The van der Waals surface area contributed by atoms with Crippen LogP contribution in [-0.4, -0.2) is 8.80 Å². The highest BCUT2D eigenvalue weighted by molar-refractivity contribution is 6.71. The number of allylic oxidation sites excluding steroid dienone is 2. The number of benzene rings is 1. The molecule has 1 radical (unpaired) electrons. The molecule has 0 atom stereocenters. The molecule has 2 rings (SSSR count). The summed E-state index contributed by atoms with van der Waals surface area (Å²) in [4.78, 5) is 0. The zero-order valence-electron chi connectivity index (χ0n) is 11.3. The number of rotatable bonds is 1. The zero-order chi connectivity index (χ0) is 12.0. The van der Waals surface area contributed by atoms with Crippen molar-refractivity contribution in [1.82, 2.24) is 0 Å². The molecule has 1 aliphatic carbocycles. The highest BCUT2D eigenvalue weighted by atomic mass is 28.3. The average molecular weight is 229 g/mol. The van der Waals surface area contributed by atoms with Gasteiger partial charge in [0, 0.05) is 0 Å². The quantitative estimate of drug-likeness (QED) is 0.645. The minimum Gasteiger partial charge on any atom is -0.0671 e. The fourth-order valence-electron chi connectivity index (χ4n) is 3.13. The van der Waals surface area contributed by atoms with Crippen LogP contribution in [0.5, 0.6) is 0 Å². The molecule has 16 heavy (non-hydrogen) atoms. The molecule has 0 amide bonds. The van der Waals surface area contributed by atoms with Gasteiger partial charge in [0.2, 0.25) is 0 Å². The Bertz CT molecular complexity index is 479. The zero-order valence-corrected chi connectivity index (χ0v) is 12.3. The lowest BCUT2D eigenvalue weighted by Gasteiger charge is -2.17. The van der Waals surface area contributed by atoms with E-state index in [1.165, 1.54) is 17.6 Å². The molecular weight excluding hydrogens is 208 g/mol. The minimum atomic E-state index is -0.356. The van der Waals surface area contributed by atoms with Crippen molar-refractivity contribution < 1.29 is 0 Å². The molecule has 85 valence electrons. The monoisotopic (exact) mass is 229 g/mol. The second kappa shape index (κ2) is 3.88. The van der Waals surface area contributed by atoms with E-state index in [9.17, 15) is 0 Å². The summed E-state index contributed by atoms with van der Waals surface area (Å²) in [6.45, 7) is 13.9. The molecule has 0 spiro atoms. The maximum Gasteiger partial charge on any atom is 0.0799 e. The molecule has 1 aromatic rings. The minimum absolute atomic E-state index is 0.356. The van der Waals surface area contributed by atoms with E-state index in [0.717, 1.165) is 0 Å². The van der Waals surface area contributed by atoms with Gasteiger partial charge in [-0.25, -0.2) is 0 Å². The Balaban J connectivity index is 2.72. The first-order valence-corrected chi connectivity index (χ1v) is 8.53. The molecule has 0 nitrogen and oxygen atoms in total. The molecule has 1 aliphatic rings. The van der Waals surface area contributed by atoms with Gasteiger partial charge in [0.05, 0.1) is 8.80 Å². The van der Waals surface area contributed by atoms with Gasteiger partial charge >= 0.3 is 0 Å². The van der Waals surface area contributed by atoms with Crippen molar-refractivity contribution in [2.75, 3.05) is 0 Å². The largest absolute Gasteiger partial charge is 0.0799 e. The summed E-state index contributed by atoms with van der Waals surface area (Å²) in [5.74, 6) is 0.